The van der Waals surface area contributed by atoms with E-state index < -0.39 is 23.5 Å². The molecule has 0 atom stereocenters. The fourth-order valence-electron chi connectivity index (χ4n) is 3.94. The summed E-state index contributed by atoms with van der Waals surface area (Å²) >= 11 is 0. The fourth-order valence-corrected chi connectivity index (χ4v) is 3.94. The van der Waals surface area contributed by atoms with Crippen LogP contribution >= 0.6 is 0 Å². The van der Waals surface area contributed by atoms with Gasteiger partial charge in [0.05, 0.1) is 19.2 Å². The van der Waals surface area contributed by atoms with Crippen molar-refractivity contribution in [2.75, 3.05) is 33.3 Å². The number of piperazine rings is 1. The van der Waals surface area contributed by atoms with Gasteiger partial charge in [-0.3, -0.25) is 9.69 Å². The van der Waals surface area contributed by atoms with Crippen molar-refractivity contribution in [3.05, 3.63) is 95.0 Å². The number of halogens is 4. The maximum atomic E-state index is 13.9. The van der Waals surface area contributed by atoms with E-state index in [0.29, 0.717) is 55.3 Å². The van der Waals surface area contributed by atoms with Gasteiger partial charge in [0.1, 0.15) is 12.1 Å². The zero-order chi connectivity index (χ0) is 26.6. The van der Waals surface area contributed by atoms with Crippen LogP contribution in [0.5, 0.6) is 0 Å². The van der Waals surface area contributed by atoms with E-state index in [-0.39, 0.29) is 11.6 Å². The lowest BCUT2D eigenvalue weighted by molar-refractivity contribution is -0.137. The van der Waals surface area contributed by atoms with Crippen molar-refractivity contribution in [2.24, 2.45) is 0 Å². The number of hydrogen-bond donors (Lipinski definition) is 0. The van der Waals surface area contributed by atoms with Crippen LogP contribution in [0.15, 0.2) is 65.3 Å². The molecule has 0 saturated carbocycles. The van der Waals surface area contributed by atoms with Crippen molar-refractivity contribution in [1.29, 1.82) is 0 Å². The van der Waals surface area contributed by atoms with Gasteiger partial charge in [0, 0.05) is 32.3 Å². The van der Waals surface area contributed by atoms with Crippen molar-refractivity contribution >= 4 is 17.4 Å². The molecule has 1 aliphatic heterocycles. The minimum Gasteiger partial charge on any atom is -0.464 e. The van der Waals surface area contributed by atoms with Crippen molar-refractivity contribution in [3.8, 4) is 0 Å². The van der Waals surface area contributed by atoms with Crippen LogP contribution in [0, 0.1) is 5.82 Å². The predicted octanol–water partition coefficient (Wildman–Crippen LogP) is 4.40. The van der Waals surface area contributed by atoms with Crippen LogP contribution in [-0.2, 0) is 22.3 Å². The zero-order valence-corrected chi connectivity index (χ0v) is 19.8. The van der Waals surface area contributed by atoms with E-state index in [1.807, 2.05) is 4.90 Å². The average molecular weight is 517 g/mol. The molecule has 11 heteroatoms. The summed E-state index contributed by atoms with van der Waals surface area (Å²) in [5.74, 6) is -1.13. The van der Waals surface area contributed by atoms with E-state index in [1.54, 1.807) is 11.0 Å². The molecule has 1 aromatic heterocycles. The number of benzene rings is 2. The first-order valence-corrected chi connectivity index (χ1v) is 11.3. The SMILES string of the molecule is COC(=O)c1coc(CN2CCN(C(=O)C=C(c3ccc(C(F)(F)F)cc3)c3cccc(F)c3)CC2)n1. The molecule has 3 aromatic rings. The third-order valence-electron chi connectivity index (χ3n) is 5.92. The Hall–Kier alpha value is -3.99. The summed E-state index contributed by atoms with van der Waals surface area (Å²) in [5.41, 5.74) is 0.301. The second-order valence-electron chi connectivity index (χ2n) is 8.36. The van der Waals surface area contributed by atoms with E-state index in [9.17, 15) is 27.2 Å². The summed E-state index contributed by atoms with van der Waals surface area (Å²) < 4.78 is 62.9. The van der Waals surface area contributed by atoms with Crippen LogP contribution in [0.3, 0.4) is 0 Å². The number of carbonyl (C=O) groups excluding carboxylic acids is 2. The third kappa shape index (κ3) is 6.42. The van der Waals surface area contributed by atoms with Gasteiger partial charge in [-0.25, -0.2) is 14.2 Å². The molecule has 1 amide bonds. The Bertz CT molecular complexity index is 1290. The van der Waals surface area contributed by atoms with Crippen LogP contribution in [-0.4, -0.2) is 59.9 Å². The van der Waals surface area contributed by atoms with Gasteiger partial charge in [0.2, 0.25) is 11.8 Å². The van der Waals surface area contributed by atoms with Crippen molar-refractivity contribution in [2.45, 2.75) is 12.7 Å². The normalized spacial score (nSPS) is 15.1. The predicted molar refractivity (Wildman–Crippen MR) is 125 cm³/mol. The van der Waals surface area contributed by atoms with Gasteiger partial charge in [-0.1, -0.05) is 24.3 Å². The van der Waals surface area contributed by atoms with Crippen LogP contribution in [0.1, 0.15) is 33.1 Å². The number of nitrogens with zero attached hydrogens (tertiary/aromatic N) is 3. The number of amides is 1. The molecule has 1 saturated heterocycles. The van der Waals surface area contributed by atoms with Gasteiger partial charge in [-0.2, -0.15) is 13.2 Å². The standard InChI is InChI=1S/C26H23F4N3O4/c1-36-25(35)22-16-37-23(31-22)15-32-9-11-33(12-10-32)24(34)14-21(18-3-2-4-20(27)13-18)17-5-7-19(8-6-17)26(28,29)30/h2-8,13-14,16H,9-12,15H2,1H3. The maximum absolute atomic E-state index is 13.9. The second kappa shape index (κ2) is 11.0. The van der Waals surface area contributed by atoms with Crippen LogP contribution in [0.4, 0.5) is 17.6 Å². The highest BCUT2D eigenvalue weighted by molar-refractivity contribution is 5.99. The molecule has 0 unspecified atom stereocenters. The minimum atomic E-state index is -4.50. The van der Waals surface area contributed by atoms with E-state index in [1.165, 1.54) is 49.8 Å². The highest BCUT2D eigenvalue weighted by Crippen LogP contribution is 2.31. The van der Waals surface area contributed by atoms with Crippen LogP contribution < -0.4 is 0 Å². The van der Waals surface area contributed by atoms with Gasteiger partial charge in [-0.15, -0.1) is 0 Å². The molecule has 0 aliphatic carbocycles. The number of carbonyl (C=O) groups is 2. The highest BCUT2D eigenvalue weighted by atomic mass is 19.4. The Kier molecular flexibility index (Phi) is 7.72. The lowest BCUT2D eigenvalue weighted by Gasteiger charge is -2.33. The van der Waals surface area contributed by atoms with E-state index in [2.05, 4.69) is 9.72 Å². The van der Waals surface area contributed by atoms with Gasteiger partial charge >= 0.3 is 12.1 Å². The molecule has 2 heterocycles. The molecule has 1 fully saturated rings. The maximum Gasteiger partial charge on any atom is 0.416 e. The highest BCUT2D eigenvalue weighted by Gasteiger charge is 2.30. The Morgan fingerprint density at radius 3 is 2.38 bits per heavy atom. The number of esters is 1. The largest absolute Gasteiger partial charge is 0.464 e. The molecule has 0 radical (unpaired) electrons. The lowest BCUT2D eigenvalue weighted by atomic mass is 9.96. The minimum absolute atomic E-state index is 0.0737. The topological polar surface area (TPSA) is 75.9 Å². The summed E-state index contributed by atoms with van der Waals surface area (Å²) in [4.78, 5) is 32.3. The summed E-state index contributed by atoms with van der Waals surface area (Å²) in [5, 5.41) is 0. The third-order valence-corrected chi connectivity index (χ3v) is 5.92. The molecule has 0 N–H and O–H groups in total. The average Bonchev–Trinajstić information content (AvgIpc) is 3.35. The van der Waals surface area contributed by atoms with E-state index >= 15 is 0 Å². The molecular weight excluding hydrogens is 494 g/mol. The fraction of sp³-hybridized carbons (Fsp3) is 0.269. The quantitative estimate of drug-likeness (QED) is 0.274. The molecule has 2 aromatic carbocycles. The van der Waals surface area contributed by atoms with Gasteiger partial charge in [-0.05, 0) is 41.0 Å². The summed E-state index contributed by atoms with van der Waals surface area (Å²) in [6, 6.07) is 9.94. The van der Waals surface area contributed by atoms with Crippen LogP contribution in [0.2, 0.25) is 0 Å². The van der Waals surface area contributed by atoms with Crippen LogP contribution in [0.25, 0.3) is 5.57 Å². The first-order valence-electron chi connectivity index (χ1n) is 11.3. The number of oxazole rings is 1. The molecule has 1 aliphatic rings. The molecule has 0 spiro atoms. The molecular formula is C26H23F4N3O4. The molecule has 37 heavy (non-hydrogen) atoms. The monoisotopic (exact) mass is 517 g/mol. The molecule has 194 valence electrons. The van der Waals surface area contributed by atoms with E-state index in [0.717, 1.165) is 12.1 Å². The summed E-state index contributed by atoms with van der Waals surface area (Å²) in [7, 11) is 1.25. The number of ether oxygens (including phenoxy) is 1. The van der Waals surface area contributed by atoms with Crippen molar-refractivity contribution in [3.63, 3.8) is 0 Å². The van der Waals surface area contributed by atoms with Gasteiger partial charge in [0.25, 0.3) is 0 Å². The number of alkyl halides is 3. The van der Waals surface area contributed by atoms with E-state index in [4.69, 9.17) is 4.42 Å². The Morgan fingerprint density at radius 2 is 1.76 bits per heavy atom. The Balaban J connectivity index is 1.48. The van der Waals surface area contributed by atoms with Crippen molar-refractivity contribution < 1.29 is 36.3 Å². The lowest BCUT2D eigenvalue weighted by Crippen LogP contribution is -2.47. The first kappa shape index (κ1) is 26.1. The Morgan fingerprint density at radius 1 is 1.05 bits per heavy atom. The number of rotatable bonds is 6. The molecule has 0 bridgehead atoms. The molecule has 7 nitrogen and oxygen atoms in total. The number of methoxy groups -OCH3 is 1. The van der Waals surface area contributed by atoms with Gasteiger partial charge in [0.15, 0.2) is 5.69 Å². The zero-order valence-electron chi connectivity index (χ0n) is 19.8. The smallest absolute Gasteiger partial charge is 0.416 e. The molecule has 4 rings (SSSR count). The number of hydrogen-bond acceptors (Lipinski definition) is 6. The summed E-state index contributed by atoms with van der Waals surface area (Å²) in [6.07, 6.45) is -1.95. The number of aromatic nitrogens is 1. The summed E-state index contributed by atoms with van der Waals surface area (Å²) in [6.45, 7) is 2.11. The van der Waals surface area contributed by atoms with Crippen molar-refractivity contribution in [1.82, 2.24) is 14.8 Å². The second-order valence-corrected chi connectivity index (χ2v) is 8.36. The first-order chi connectivity index (χ1) is 17.6. The van der Waals surface area contributed by atoms with Gasteiger partial charge < -0.3 is 14.1 Å². The Labute approximate surface area is 209 Å².